The summed E-state index contributed by atoms with van der Waals surface area (Å²) < 4.78 is 1.88. The highest BCUT2D eigenvalue weighted by molar-refractivity contribution is 5.92. The third-order valence-electron chi connectivity index (χ3n) is 7.67. The molecule has 1 fully saturated rings. The molecule has 0 radical (unpaired) electrons. The maximum Gasteiger partial charge on any atom is 0.236 e. The van der Waals surface area contributed by atoms with Gasteiger partial charge in [0.15, 0.2) is 5.65 Å². The molecule has 3 aromatic heterocycles. The van der Waals surface area contributed by atoms with E-state index in [0.717, 1.165) is 37.1 Å². The Labute approximate surface area is 207 Å². The highest BCUT2D eigenvalue weighted by atomic mass is 16.2. The Morgan fingerprint density at radius 3 is 2.77 bits per heavy atom. The van der Waals surface area contributed by atoms with Crippen LogP contribution in [0.3, 0.4) is 0 Å². The molecule has 0 aliphatic carbocycles. The van der Waals surface area contributed by atoms with Gasteiger partial charge >= 0.3 is 0 Å². The number of carbonyl (C=O) groups excluding carboxylic acids is 1. The summed E-state index contributed by atoms with van der Waals surface area (Å²) in [5, 5.41) is 5.70. The lowest BCUT2D eigenvalue weighted by Gasteiger charge is -2.33. The van der Waals surface area contributed by atoms with Crippen molar-refractivity contribution < 1.29 is 4.79 Å². The zero-order valence-electron chi connectivity index (χ0n) is 21.7. The molecule has 1 amide bonds. The predicted octanol–water partition coefficient (Wildman–Crippen LogP) is 4.89. The maximum absolute atomic E-state index is 12.3. The summed E-state index contributed by atoms with van der Waals surface area (Å²) >= 11 is 0. The molecule has 35 heavy (non-hydrogen) atoms. The summed E-state index contributed by atoms with van der Waals surface area (Å²) in [5.41, 5.74) is 9.52. The van der Waals surface area contributed by atoms with Crippen LogP contribution in [0.15, 0.2) is 30.7 Å². The van der Waals surface area contributed by atoms with Crippen LogP contribution in [0.2, 0.25) is 0 Å². The summed E-state index contributed by atoms with van der Waals surface area (Å²) in [4.78, 5) is 24.4. The van der Waals surface area contributed by atoms with Gasteiger partial charge in [-0.25, -0.2) is 9.50 Å². The van der Waals surface area contributed by atoms with E-state index < -0.39 is 0 Å². The van der Waals surface area contributed by atoms with E-state index in [9.17, 15) is 4.79 Å². The van der Waals surface area contributed by atoms with Crippen LogP contribution < -0.4 is 0 Å². The molecule has 1 atom stereocenters. The molecule has 7 nitrogen and oxygen atoms in total. The van der Waals surface area contributed by atoms with E-state index in [-0.39, 0.29) is 5.91 Å². The SMILES string of the molecule is Cc1c(-c2[nH]c3ccc(C4CCCN(CC(=O)N(C)C)C4)cc3c2C(C)C)cn2ncnc2c1C. The van der Waals surface area contributed by atoms with Gasteiger partial charge in [0.25, 0.3) is 0 Å². The van der Waals surface area contributed by atoms with Gasteiger partial charge in [0.1, 0.15) is 6.33 Å². The second-order valence-electron chi connectivity index (χ2n) is 10.6. The zero-order valence-corrected chi connectivity index (χ0v) is 21.7. The fourth-order valence-electron chi connectivity index (χ4n) is 5.55. The Hall–Kier alpha value is -3.19. The topological polar surface area (TPSA) is 69.5 Å². The highest BCUT2D eigenvalue weighted by Crippen LogP contribution is 2.39. The van der Waals surface area contributed by atoms with Gasteiger partial charge in [0.2, 0.25) is 5.91 Å². The van der Waals surface area contributed by atoms with Crippen LogP contribution in [-0.4, -0.2) is 69.0 Å². The molecule has 1 aliphatic rings. The van der Waals surface area contributed by atoms with Crippen molar-refractivity contribution >= 4 is 22.5 Å². The molecule has 184 valence electrons. The molecule has 1 unspecified atom stereocenters. The van der Waals surface area contributed by atoms with Gasteiger partial charge in [-0.2, -0.15) is 5.10 Å². The molecule has 5 rings (SSSR count). The van der Waals surface area contributed by atoms with Crippen molar-refractivity contribution in [1.29, 1.82) is 0 Å². The zero-order chi connectivity index (χ0) is 24.9. The van der Waals surface area contributed by atoms with Crippen LogP contribution in [0.4, 0.5) is 0 Å². The third kappa shape index (κ3) is 4.22. The number of fused-ring (bicyclic) bond motifs is 2. The van der Waals surface area contributed by atoms with Crippen molar-refractivity contribution in [1.82, 2.24) is 29.4 Å². The first-order valence-corrected chi connectivity index (χ1v) is 12.6. The number of likely N-dealkylation sites (N-methyl/N-ethyl adjacent to an activating group) is 1. The third-order valence-corrected chi connectivity index (χ3v) is 7.67. The summed E-state index contributed by atoms with van der Waals surface area (Å²) in [5.74, 6) is 0.978. The Balaban J connectivity index is 1.55. The minimum Gasteiger partial charge on any atom is -0.354 e. The average molecular weight is 473 g/mol. The van der Waals surface area contributed by atoms with Gasteiger partial charge in [-0.15, -0.1) is 0 Å². The number of aromatic nitrogens is 4. The number of aryl methyl sites for hydroxylation is 1. The lowest BCUT2D eigenvalue weighted by molar-refractivity contribution is -0.130. The Morgan fingerprint density at radius 2 is 2.03 bits per heavy atom. The monoisotopic (exact) mass is 472 g/mol. The average Bonchev–Trinajstić information content (AvgIpc) is 3.45. The van der Waals surface area contributed by atoms with E-state index in [1.807, 2.05) is 18.6 Å². The predicted molar refractivity (Wildman–Crippen MR) is 141 cm³/mol. The molecule has 0 bridgehead atoms. The fourth-order valence-corrected chi connectivity index (χ4v) is 5.55. The van der Waals surface area contributed by atoms with Gasteiger partial charge in [0.05, 0.1) is 12.2 Å². The number of nitrogens with zero attached hydrogens (tertiary/aromatic N) is 5. The first-order chi connectivity index (χ1) is 16.7. The standard InChI is InChI=1S/C28H36N6O/c1-17(2)26-22-12-20(21-8-7-11-33(13-21)15-25(35)32(5)6)9-10-24(22)31-27(26)23-14-34-28(29-16-30-34)19(4)18(23)3/h9-10,12,14,16-17,21,31H,7-8,11,13,15H2,1-6H3. The number of pyridine rings is 1. The van der Waals surface area contributed by atoms with E-state index in [4.69, 9.17) is 0 Å². The van der Waals surface area contributed by atoms with Gasteiger partial charge in [-0.05, 0) is 79.5 Å². The van der Waals surface area contributed by atoms with Crippen molar-refractivity contribution in [2.75, 3.05) is 33.7 Å². The van der Waals surface area contributed by atoms with E-state index in [1.165, 1.54) is 38.9 Å². The van der Waals surface area contributed by atoms with Crippen LogP contribution in [0.5, 0.6) is 0 Å². The lowest BCUT2D eigenvalue weighted by atomic mass is 9.88. The largest absolute Gasteiger partial charge is 0.354 e. The van der Waals surface area contributed by atoms with Crippen molar-refractivity contribution in [3.8, 4) is 11.3 Å². The van der Waals surface area contributed by atoms with Crippen LogP contribution in [-0.2, 0) is 4.79 Å². The summed E-state index contributed by atoms with van der Waals surface area (Å²) in [6, 6.07) is 6.90. The Morgan fingerprint density at radius 1 is 1.23 bits per heavy atom. The second-order valence-corrected chi connectivity index (χ2v) is 10.6. The minimum absolute atomic E-state index is 0.175. The number of amides is 1. The van der Waals surface area contributed by atoms with Crippen molar-refractivity contribution in [2.24, 2.45) is 0 Å². The van der Waals surface area contributed by atoms with Gasteiger partial charge in [0, 0.05) is 43.3 Å². The van der Waals surface area contributed by atoms with E-state index in [0.29, 0.717) is 18.4 Å². The number of benzene rings is 1. The van der Waals surface area contributed by atoms with E-state index in [2.05, 4.69) is 72.1 Å². The summed E-state index contributed by atoms with van der Waals surface area (Å²) in [6.07, 6.45) is 6.00. The number of nitrogens with one attached hydrogen (secondary N) is 1. The van der Waals surface area contributed by atoms with Crippen LogP contribution in [0.25, 0.3) is 27.8 Å². The number of rotatable bonds is 5. The van der Waals surface area contributed by atoms with Gasteiger partial charge < -0.3 is 9.88 Å². The molecule has 4 aromatic rings. The molecule has 4 heterocycles. The normalized spacial score (nSPS) is 17.1. The Kier molecular flexibility index (Phi) is 6.13. The maximum atomic E-state index is 12.3. The number of hydrogen-bond donors (Lipinski definition) is 1. The summed E-state index contributed by atoms with van der Waals surface area (Å²) in [6.45, 7) is 11.3. The smallest absolute Gasteiger partial charge is 0.236 e. The number of hydrogen-bond acceptors (Lipinski definition) is 4. The highest BCUT2D eigenvalue weighted by Gasteiger charge is 2.25. The lowest BCUT2D eigenvalue weighted by Crippen LogP contribution is -2.41. The van der Waals surface area contributed by atoms with Crippen molar-refractivity contribution in [3.63, 3.8) is 0 Å². The molecule has 1 saturated heterocycles. The van der Waals surface area contributed by atoms with E-state index in [1.54, 1.807) is 11.2 Å². The fraction of sp³-hybridized carbons (Fsp3) is 0.464. The van der Waals surface area contributed by atoms with Crippen LogP contribution in [0.1, 0.15) is 60.8 Å². The molecule has 1 N–H and O–H groups in total. The van der Waals surface area contributed by atoms with Crippen molar-refractivity contribution in [2.45, 2.75) is 52.4 Å². The second kappa shape index (κ2) is 9.11. The van der Waals surface area contributed by atoms with Crippen LogP contribution >= 0.6 is 0 Å². The van der Waals surface area contributed by atoms with Crippen LogP contribution in [0, 0.1) is 13.8 Å². The number of H-pyrrole nitrogens is 1. The molecular weight excluding hydrogens is 436 g/mol. The van der Waals surface area contributed by atoms with E-state index >= 15 is 0 Å². The molecule has 1 aliphatic heterocycles. The first-order valence-electron chi connectivity index (χ1n) is 12.6. The van der Waals surface area contributed by atoms with Gasteiger partial charge in [-0.1, -0.05) is 19.9 Å². The minimum atomic E-state index is 0.175. The van der Waals surface area contributed by atoms with Crippen molar-refractivity contribution in [3.05, 3.63) is 53.0 Å². The Bertz CT molecular complexity index is 1400. The first kappa shape index (κ1) is 23.5. The summed E-state index contributed by atoms with van der Waals surface area (Å²) in [7, 11) is 3.66. The molecule has 0 spiro atoms. The number of aromatic amines is 1. The molecule has 0 saturated carbocycles. The number of carbonyl (C=O) groups is 1. The quantitative estimate of drug-likeness (QED) is 0.449. The number of piperidine rings is 1. The molecular formula is C28H36N6O. The number of likely N-dealkylation sites (tertiary alicyclic amines) is 1. The molecule has 7 heteroatoms. The molecule has 1 aromatic carbocycles. The van der Waals surface area contributed by atoms with Gasteiger partial charge in [-0.3, -0.25) is 9.69 Å².